The van der Waals surface area contributed by atoms with E-state index >= 15 is 0 Å². The van der Waals surface area contributed by atoms with Gasteiger partial charge in [-0.05, 0) is 20.8 Å². The molecule has 0 spiro atoms. The molecular weight excluding hydrogens is 157 g/mol. The lowest BCUT2D eigenvalue weighted by Gasteiger charge is -2.25. The van der Waals surface area contributed by atoms with Crippen molar-refractivity contribution in [2.24, 2.45) is 0 Å². The molecule has 0 amide bonds. The van der Waals surface area contributed by atoms with Crippen LogP contribution in [0.1, 0.15) is 20.8 Å². The van der Waals surface area contributed by atoms with Crippen LogP contribution in [0.5, 0.6) is 0 Å². The second-order valence-electron chi connectivity index (χ2n) is 3.26. The highest BCUT2D eigenvalue weighted by molar-refractivity contribution is 4.67. The molecule has 0 bridgehead atoms. The molecule has 68 valence electrons. The fraction of sp³-hybridized carbons (Fsp3) is 1.00. The van der Waals surface area contributed by atoms with Gasteiger partial charge in [-0.25, -0.2) is 13.2 Å². The van der Waals surface area contributed by atoms with Crippen LogP contribution in [-0.4, -0.2) is 24.8 Å². The van der Waals surface area contributed by atoms with Crippen molar-refractivity contribution in [3.63, 3.8) is 0 Å². The standard InChI is InChI=1S/C7H13F3O/c1-7(2,3)11-5(4-8)6(9)10/h5-6H,4H2,1-3H3. The lowest BCUT2D eigenvalue weighted by atomic mass is 10.2. The number of ether oxygens (including phenoxy) is 1. The molecule has 0 N–H and O–H groups in total. The van der Waals surface area contributed by atoms with Crippen LogP contribution in [0.2, 0.25) is 0 Å². The van der Waals surface area contributed by atoms with Crippen LogP contribution in [0.15, 0.2) is 0 Å². The van der Waals surface area contributed by atoms with Crippen molar-refractivity contribution in [1.29, 1.82) is 0 Å². The van der Waals surface area contributed by atoms with E-state index in [0.29, 0.717) is 0 Å². The molecule has 11 heavy (non-hydrogen) atoms. The minimum atomic E-state index is -2.75. The molecule has 0 aromatic carbocycles. The molecule has 0 rings (SSSR count). The quantitative estimate of drug-likeness (QED) is 0.632. The molecule has 4 heteroatoms. The topological polar surface area (TPSA) is 9.23 Å². The van der Waals surface area contributed by atoms with Crippen molar-refractivity contribution in [3.05, 3.63) is 0 Å². The van der Waals surface area contributed by atoms with Gasteiger partial charge in [0.25, 0.3) is 6.43 Å². The highest BCUT2D eigenvalue weighted by Gasteiger charge is 2.26. The van der Waals surface area contributed by atoms with E-state index in [9.17, 15) is 13.2 Å². The molecule has 1 atom stereocenters. The molecular formula is C7H13F3O. The van der Waals surface area contributed by atoms with Gasteiger partial charge in [-0.1, -0.05) is 0 Å². The molecule has 0 aliphatic carbocycles. The summed E-state index contributed by atoms with van der Waals surface area (Å²) in [4.78, 5) is 0. The predicted molar refractivity (Wildman–Crippen MR) is 36.6 cm³/mol. The molecule has 1 nitrogen and oxygen atoms in total. The molecule has 1 unspecified atom stereocenters. The summed E-state index contributed by atoms with van der Waals surface area (Å²) in [6.45, 7) is 3.68. The molecule has 0 aliphatic rings. The summed E-state index contributed by atoms with van der Waals surface area (Å²) in [7, 11) is 0. The average molecular weight is 170 g/mol. The number of rotatable bonds is 3. The van der Waals surface area contributed by atoms with Crippen LogP contribution in [0, 0.1) is 0 Å². The maximum atomic E-state index is 11.9. The average Bonchev–Trinajstić information content (AvgIpc) is 1.80. The fourth-order valence-corrected chi connectivity index (χ4v) is 0.604. The van der Waals surface area contributed by atoms with Crippen LogP contribution in [0.25, 0.3) is 0 Å². The minimum Gasteiger partial charge on any atom is -0.364 e. The van der Waals surface area contributed by atoms with Crippen LogP contribution in [-0.2, 0) is 4.74 Å². The SMILES string of the molecule is CC(C)(C)OC(CF)C(F)F. The van der Waals surface area contributed by atoms with Gasteiger partial charge in [0.15, 0.2) is 0 Å². The molecule has 0 aromatic heterocycles. The van der Waals surface area contributed by atoms with Gasteiger partial charge in [-0.3, -0.25) is 0 Å². The molecule has 0 radical (unpaired) electrons. The first kappa shape index (κ1) is 10.8. The lowest BCUT2D eigenvalue weighted by molar-refractivity contribution is -0.129. The second-order valence-corrected chi connectivity index (χ2v) is 3.26. The van der Waals surface area contributed by atoms with Crippen molar-refractivity contribution < 1.29 is 17.9 Å². The molecule has 0 heterocycles. The van der Waals surface area contributed by atoms with Gasteiger partial charge in [-0.2, -0.15) is 0 Å². The maximum absolute atomic E-state index is 11.9. The normalized spacial score (nSPS) is 15.5. The summed E-state index contributed by atoms with van der Waals surface area (Å²) in [5.74, 6) is 0. The Bertz CT molecular complexity index is 109. The van der Waals surface area contributed by atoms with Gasteiger partial charge in [0.1, 0.15) is 12.8 Å². The first-order valence-electron chi connectivity index (χ1n) is 3.39. The lowest BCUT2D eigenvalue weighted by Crippen LogP contribution is -2.33. The summed E-state index contributed by atoms with van der Waals surface area (Å²) in [5.41, 5.74) is -0.715. The van der Waals surface area contributed by atoms with Gasteiger partial charge in [-0.15, -0.1) is 0 Å². The molecule has 0 fully saturated rings. The van der Waals surface area contributed by atoms with E-state index in [0.717, 1.165) is 0 Å². The largest absolute Gasteiger partial charge is 0.364 e. The molecule has 0 aliphatic heterocycles. The van der Waals surface area contributed by atoms with Gasteiger partial charge >= 0.3 is 0 Å². The van der Waals surface area contributed by atoms with E-state index in [-0.39, 0.29) is 0 Å². The first-order chi connectivity index (χ1) is 4.87. The van der Waals surface area contributed by atoms with Crippen LogP contribution >= 0.6 is 0 Å². The summed E-state index contributed by atoms with van der Waals surface area (Å²) < 4.78 is 40.3. The Balaban J connectivity index is 3.88. The third kappa shape index (κ3) is 5.07. The Labute approximate surface area is 64.5 Å². The van der Waals surface area contributed by atoms with E-state index in [1.165, 1.54) is 0 Å². The van der Waals surface area contributed by atoms with E-state index < -0.39 is 24.8 Å². The summed E-state index contributed by atoms with van der Waals surface area (Å²) >= 11 is 0. The highest BCUT2D eigenvalue weighted by Crippen LogP contribution is 2.15. The predicted octanol–water partition coefficient (Wildman–Crippen LogP) is 2.40. The fourth-order valence-electron chi connectivity index (χ4n) is 0.604. The van der Waals surface area contributed by atoms with Crippen molar-refractivity contribution in [2.75, 3.05) is 6.67 Å². The molecule has 0 saturated carbocycles. The molecule has 0 saturated heterocycles. The van der Waals surface area contributed by atoms with Crippen LogP contribution in [0.4, 0.5) is 13.2 Å². The van der Waals surface area contributed by atoms with E-state index in [1.807, 2.05) is 0 Å². The van der Waals surface area contributed by atoms with E-state index in [2.05, 4.69) is 0 Å². The van der Waals surface area contributed by atoms with Gasteiger partial charge in [0, 0.05) is 0 Å². The van der Waals surface area contributed by atoms with Crippen molar-refractivity contribution in [3.8, 4) is 0 Å². The minimum absolute atomic E-state index is 0.715. The second kappa shape index (κ2) is 3.95. The maximum Gasteiger partial charge on any atom is 0.266 e. The third-order valence-corrected chi connectivity index (χ3v) is 0.938. The smallest absolute Gasteiger partial charge is 0.266 e. The van der Waals surface area contributed by atoms with Gasteiger partial charge in [0.2, 0.25) is 0 Å². The highest BCUT2D eigenvalue weighted by atomic mass is 19.3. The number of hydrogen-bond acceptors (Lipinski definition) is 1. The van der Waals surface area contributed by atoms with Gasteiger partial charge < -0.3 is 4.74 Å². The summed E-state index contributed by atoms with van der Waals surface area (Å²) in [6.07, 6.45) is -4.34. The molecule has 0 aromatic rings. The number of halogens is 3. The summed E-state index contributed by atoms with van der Waals surface area (Å²) in [6, 6.07) is 0. The Morgan fingerprint density at radius 1 is 1.27 bits per heavy atom. The van der Waals surface area contributed by atoms with Crippen molar-refractivity contribution in [2.45, 2.75) is 38.9 Å². The van der Waals surface area contributed by atoms with E-state index in [1.54, 1.807) is 20.8 Å². The zero-order chi connectivity index (χ0) is 9.07. The van der Waals surface area contributed by atoms with Crippen molar-refractivity contribution >= 4 is 0 Å². The zero-order valence-corrected chi connectivity index (χ0v) is 6.90. The number of alkyl halides is 3. The Hall–Kier alpha value is -0.250. The van der Waals surface area contributed by atoms with Crippen molar-refractivity contribution in [1.82, 2.24) is 0 Å². The van der Waals surface area contributed by atoms with E-state index in [4.69, 9.17) is 4.74 Å². The zero-order valence-electron chi connectivity index (χ0n) is 6.90. The Kier molecular flexibility index (Phi) is 3.86. The first-order valence-corrected chi connectivity index (χ1v) is 3.39. The Morgan fingerprint density at radius 2 is 1.73 bits per heavy atom. The van der Waals surface area contributed by atoms with Crippen LogP contribution < -0.4 is 0 Å². The monoisotopic (exact) mass is 170 g/mol. The number of hydrogen-bond donors (Lipinski definition) is 0. The van der Waals surface area contributed by atoms with Gasteiger partial charge in [0.05, 0.1) is 5.60 Å². The third-order valence-electron chi connectivity index (χ3n) is 0.938. The Morgan fingerprint density at radius 3 is 1.82 bits per heavy atom. The van der Waals surface area contributed by atoms with Crippen LogP contribution in [0.3, 0.4) is 0 Å². The summed E-state index contributed by atoms with van der Waals surface area (Å²) in [5, 5.41) is 0.